The van der Waals surface area contributed by atoms with Crippen LogP contribution in [0.5, 0.6) is 0 Å². The van der Waals surface area contributed by atoms with Crippen LogP contribution in [0.1, 0.15) is 17.0 Å². The fourth-order valence-electron chi connectivity index (χ4n) is 1.09. The zero-order valence-corrected chi connectivity index (χ0v) is 11.4. The molecule has 0 N–H and O–H groups in total. The molecular formula is C8H11ClINO4. The predicted molar refractivity (Wildman–Crippen MR) is 50.3 cm³/mol. The summed E-state index contributed by atoms with van der Waals surface area (Å²) < 4.78 is 36.1. The van der Waals surface area contributed by atoms with E-state index in [9.17, 15) is 0 Å². The third-order valence-electron chi connectivity index (χ3n) is 1.49. The van der Waals surface area contributed by atoms with Gasteiger partial charge in [0.1, 0.15) is 0 Å². The Morgan fingerprint density at radius 3 is 1.53 bits per heavy atom. The molecule has 0 aromatic carbocycles. The van der Waals surface area contributed by atoms with E-state index >= 15 is 0 Å². The maximum Gasteiger partial charge on any atom is 0.354 e. The van der Waals surface area contributed by atoms with Crippen molar-refractivity contribution in [3.63, 3.8) is 0 Å². The quantitative estimate of drug-likeness (QED) is 0.479. The molecule has 0 saturated heterocycles. The molecule has 0 atom stereocenters. The second-order valence-electron chi connectivity index (χ2n) is 2.97. The van der Waals surface area contributed by atoms with Crippen molar-refractivity contribution in [3.05, 3.63) is 29.1 Å². The first kappa shape index (κ1) is 15.0. The van der Waals surface area contributed by atoms with Gasteiger partial charge in [0.25, 0.3) is 0 Å². The molecule has 0 saturated carbocycles. The minimum absolute atomic E-state index is 1.30. The van der Waals surface area contributed by atoms with Crippen LogP contribution in [0.4, 0.5) is 0 Å². The summed E-state index contributed by atoms with van der Waals surface area (Å²) in [6, 6.07) is 4.36. The maximum atomic E-state index is 8.49. The average Bonchev–Trinajstić information content (AvgIpc) is 1.96. The Balaban J connectivity index is 0.000000336. The van der Waals surface area contributed by atoms with Gasteiger partial charge in [-0.2, -0.15) is 0 Å². The van der Waals surface area contributed by atoms with Gasteiger partial charge in [-0.1, -0.05) is 0 Å². The van der Waals surface area contributed by atoms with Gasteiger partial charge in [0.15, 0.2) is 11.4 Å². The molecule has 0 amide bonds. The Bertz CT molecular complexity index is 311. The minimum Gasteiger partial charge on any atom is -0.222 e. The highest BCUT2D eigenvalue weighted by Gasteiger charge is 2.06. The lowest BCUT2D eigenvalue weighted by Crippen LogP contribution is -2.68. The molecule has 1 rings (SSSR count). The van der Waals surface area contributed by atoms with Gasteiger partial charge in [-0.15, -0.1) is 13.0 Å². The molecule has 0 fully saturated rings. The number of aryl methyl sites for hydroxylation is 3. The van der Waals surface area contributed by atoms with E-state index < -0.39 is 10.2 Å². The Labute approximate surface area is 104 Å². The van der Waals surface area contributed by atoms with E-state index in [-0.39, 0.29) is 0 Å². The van der Waals surface area contributed by atoms with Crippen LogP contribution in [0, 0.1) is 31.0 Å². The van der Waals surface area contributed by atoms with Gasteiger partial charge in [0.05, 0.1) is 0 Å². The number of hydrogen-bond acceptors (Lipinski definition) is 4. The highest BCUT2D eigenvalue weighted by Crippen LogP contribution is 2.02. The molecule has 5 nitrogen and oxygen atoms in total. The number of aromatic nitrogens is 1. The van der Waals surface area contributed by atoms with Gasteiger partial charge >= 0.3 is 22.9 Å². The van der Waals surface area contributed by atoms with Gasteiger partial charge in [-0.05, 0) is 12.5 Å². The van der Waals surface area contributed by atoms with Crippen LogP contribution in [-0.4, -0.2) is 0 Å². The van der Waals surface area contributed by atoms with Crippen LogP contribution in [0.2, 0.25) is 0 Å². The Hall–Kier alpha value is 0.01000. The lowest BCUT2D eigenvalue weighted by molar-refractivity contribution is -2.00. The van der Waals surface area contributed by atoms with Crippen molar-refractivity contribution < 1.29 is 31.7 Å². The van der Waals surface area contributed by atoms with Crippen molar-refractivity contribution in [1.29, 1.82) is 0 Å². The fourth-order valence-corrected chi connectivity index (χ4v) is 1.37. The molecule has 0 aliphatic carbocycles. The summed E-state index contributed by atoms with van der Waals surface area (Å²) >= 11 is 2.30. The van der Waals surface area contributed by atoms with Gasteiger partial charge < -0.3 is 0 Å². The SMILES string of the molecule is Cc1cc(C)[n+](I)c(C)c1.[O-][Cl+3]([O-])([O-])[O-]. The molecule has 1 aromatic rings. The second-order valence-corrected chi connectivity index (χ2v) is 4.70. The van der Waals surface area contributed by atoms with Crippen LogP contribution in [-0.2, 0) is 0 Å². The summed E-state index contributed by atoms with van der Waals surface area (Å²) in [7, 11) is -4.94. The van der Waals surface area contributed by atoms with E-state index in [4.69, 9.17) is 18.6 Å². The van der Waals surface area contributed by atoms with Crippen molar-refractivity contribution >= 4 is 22.9 Å². The molecule has 0 aliphatic rings. The molecular weight excluding hydrogens is 336 g/mol. The van der Waals surface area contributed by atoms with Gasteiger partial charge in [-0.3, -0.25) is 0 Å². The Morgan fingerprint density at radius 2 is 1.27 bits per heavy atom. The first-order valence-electron chi connectivity index (χ1n) is 3.89. The molecule has 0 unspecified atom stereocenters. The van der Waals surface area contributed by atoms with E-state index in [1.165, 1.54) is 17.0 Å². The van der Waals surface area contributed by atoms with E-state index in [0.717, 1.165) is 0 Å². The maximum absolute atomic E-state index is 8.49. The van der Waals surface area contributed by atoms with Crippen LogP contribution >= 0.6 is 22.9 Å². The van der Waals surface area contributed by atoms with E-state index in [1.54, 1.807) is 0 Å². The molecule has 7 heteroatoms. The third kappa shape index (κ3) is 7.88. The normalized spacial score (nSPS) is 10.7. The smallest absolute Gasteiger partial charge is 0.222 e. The molecule has 0 spiro atoms. The van der Waals surface area contributed by atoms with Crippen molar-refractivity contribution in [1.82, 2.24) is 0 Å². The van der Waals surface area contributed by atoms with Gasteiger partial charge in [0.2, 0.25) is 0 Å². The number of rotatable bonds is 0. The zero-order valence-electron chi connectivity index (χ0n) is 8.49. The largest absolute Gasteiger partial charge is 0.354 e. The third-order valence-corrected chi connectivity index (χ3v) is 3.01. The fraction of sp³-hybridized carbons (Fsp3) is 0.375. The van der Waals surface area contributed by atoms with Crippen LogP contribution in [0.25, 0.3) is 0 Å². The molecule has 86 valence electrons. The summed E-state index contributed by atoms with van der Waals surface area (Å²) in [4.78, 5) is 0. The predicted octanol–water partition coefficient (Wildman–Crippen LogP) is -2.66. The highest BCUT2D eigenvalue weighted by molar-refractivity contribution is 14.1. The minimum atomic E-state index is -4.94. The molecule has 1 aromatic heterocycles. The number of nitrogens with zero attached hydrogens (tertiary/aromatic N) is 1. The van der Waals surface area contributed by atoms with Crippen molar-refractivity contribution in [2.24, 2.45) is 0 Å². The molecule has 0 radical (unpaired) electrons. The number of hydrogen-bond donors (Lipinski definition) is 0. The Kier molecular flexibility index (Phi) is 5.93. The van der Waals surface area contributed by atoms with E-state index in [2.05, 4.69) is 58.5 Å². The van der Waals surface area contributed by atoms with Gasteiger partial charge in [-0.25, -0.2) is 18.6 Å². The van der Waals surface area contributed by atoms with Crippen LogP contribution in [0.3, 0.4) is 0 Å². The first-order chi connectivity index (χ1) is 6.61. The van der Waals surface area contributed by atoms with E-state index in [0.29, 0.717) is 0 Å². The van der Waals surface area contributed by atoms with Crippen molar-refractivity contribution in [2.75, 3.05) is 0 Å². The standard InChI is InChI=1S/C8H11IN.ClHO4/c1-6-4-7(2)10(9)8(3)5-6;2-1(3,4)5/h4-5H,1-3H3;(H,2,3,4,5)/q+1;/p-1. The average molecular weight is 348 g/mol. The highest BCUT2D eigenvalue weighted by atomic mass is 127. The first-order valence-corrected chi connectivity index (χ1v) is 6.09. The topological polar surface area (TPSA) is 96.1 Å². The van der Waals surface area contributed by atoms with Crippen molar-refractivity contribution in [2.45, 2.75) is 20.8 Å². The summed E-state index contributed by atoms with van der Waals surface area (Å²) in [6.45, 7) is 6.36. The summed E-state index contributed by atoms with van der Waals surface area (Å²) in [6.07, 6.45) is 0. The summed E-state index contributed by atoms with van der Waals surface area (Å²) in [5.74, 6) is 0. The number of halogens is 2. The lowest BCUT2D eigenvalue weighted by Gasteiger charge is -2.17. The van der Waals surface area contributed by atoms with Crippen LogP contribution < -0.4 is 21.4 Å². The van der Waals surface area contributed by atoms with Gasteiger partial charge in [0, 0.05) is 26.0 Å². The van der Waals surface area contributed by atoms with Crippen molar-refractivity contribution in [3.8, 4) is 0 Å². The van der Waals surface area contributed by atoms with Crippen LogP contribution in [0.15, 0.2) is 12.1 Å². The second kappa shape index (κ2) is 5.92. The molecule has 15 heavy (non-hydrogen) atoms. The summed E-state index contributed by atoms with van der Waals surface area (Å²) in [5, 5.41) is 0. The zero-order chi connectivity index (χ0) is 12.2. The molecule has 1 heterocycles. The molecule has 0 bridgehead atoms. The summed E-state index contributed by atoms with van der Waals surface area (Å²) in [5.41, 5.74) is 3.94. The lowest BCUT2D eigenvalue weighted by atomic mass is 10.2. The monoisotopic (exact) mass is 347 g/mol. The molecule has 0 aliphatic heterocycles. The number of pyridine rings is 1. The van der Waals surface area contributed by atoms with E-state index in [1.807, 2.05) is 0 Å². The Morgan fingerprint density at radius 1 is 1.00 bits per heavy atom.